The predicted molar refractivity (Wildman–Crippen MR) is 69.1 cm³/mol. The van der Waals surface area contributed by atoms with E-state index >= 15 is 0 Å². The van der Waals surface area contributed by atoms with Gasteiger partial charge in [0, 0.05) is 11.8 Å². The van der Waals surface area contributed by atoms with Crippen molar-refractivity contribution >= 4 is 22.8 Å². The van der Waals surface area contributed by atoms with E-state index in [2.05, 4.69) is 27.9 Å². The van der Waals surface area contributed by atoms with Crippen molar-refractivity contribution in [3.63, 3.8) is 0 Å². The van der Waals surface area contributed by atoms with E-state index in [0.717, 1.165) is 16.9 Å². The van der Waals surface area contributed by atoms with Gasteiger partial charge in [-0.2, -0.15) is 0 Å². The summed E-state index contributed by atoms with van der Waals surface area (Å²) in [6, 6.07) is 9.83. The zero-order chi connectivity index (χ0) is 11.8. The number of nitrogens with zero attached hydrogens (tertiary/aromatic N) is 2. The van der Waals surface area contributed by atoms with Crippen LogP contribution in [0.25, 0.3) is 22.6 Å². The van der Waals surface area contributed by atoms with Gasteiger partial charge in [-0.15, -0.1) is 0 Å². The molecule has 0 fully saturated rings. The van der Waals surface area contributed by atoms with Crippen LogP contribution in [-0.4, -0.2) is 15.0 Å². The predicted octanol–water partition coefficient (Wildman–Crippen LogP) is 3.59. The third-order valence-corrected chi connectivity index (χ3v) is 3.06. The van der Waals surface area contributed by atoms with Crippen molar-refractivity contribution in [2.45, 2.75) is 6.92 Å². The van der Waals surface area contributed by atoms with Crippen molar-refractivity contribution in [3.05, 3.63) is 47.1 Å². The lowest BCUT2D eigenvalue weighted by molar-refractivity contribution is 1.28. The summed E-state index contributed by atoms with van der Waals surface area (Å²) in [5.41, 5.74) is 3.67. The van der Waals surface area contributed by atoms with E-state index in [1.807, 2.05) is 18.2 Å². The highest BCUT2D eigenvalue weighted by Gasteiger charge is 2.09. The minimum atomic E-state index is 0.641. The molecule has 0 aliphatic heterocycles. The minimum Gasteiger partial charge on any atom is -0.335 e. The van der Waals surface area contributed by atoms with Crippen LogP contribution in [0.5, 0.6) is 0 Å². The molecule has 3 aromatic rings. The molecule has 0 radical (unpaired) electrons. The van der Waals surface area contributed by atoms with E-state index < -0.39 is 0 Å². The summed E-state index contributed by atoms with van der Waals surface area (Å²) < 4.78 is 0. The van der Waals surface area contributed by atoms with Crippen molar-refractivity contribution in [2.75, 3.05) is 0 Å². The molecule has 4 heteroatoms. The third-order valence-electron chi connectivity index (χ3n) is 2.74. The topological polar surface area (TPSA) is 41.6 Å². The number of aromatic nitrogens is 3. The van der Waals surface area contributed by atoms with Gasteiger partial charge in [0.1, 0.15) is 11.3 Å². The molecule has 2 aromatic heterocycles. The maximum atomic E-state index is 6.09. The summed E-state index contributed by atoms with van der Waals surface area (Å²) in [7, 11) is 0. The Kier molecular flexibility index (Phi) is 2.34. The number of rotatable bonds is 1. The number of hydrogen-bond donors (Lipinski definition) is 1. The Morgan fingerprint density at radius 1 is 1.18 bits per heavy atom. The average Bonchev–Trinajstić information content (AvgIpc) is 2.75. The van der Waals surface area contributed by atoms with Gasteiger partial charge in [0.15, 0.2) is 5.65 Å². The van der Waals surface area contributed by atoms with E-state index in [4.69, 9.17) is 11.6 Å². The Hall–Kier alpha value is -1.87. The summed E-state index contributed by atoms with van der Waals surface area (Å²) in [5, 5.41) is 0.641. The lowest BCUT2D eigenvalue weighted by Gasteiger charge is -2.00. The van der Waals surface area contributed by atoms with Gasteiger partial charge in [-0.1, -0.05) is 35.9 Å². The van der Waals surface area contributed by atoms with Crippen LogP contribution in [0.1, 0.15) is 5.56 Å². The van der Waals surface area contributed by atoms with Crippen molar-refractivity contribution < 1.29 is 0 Å². The highest BCUT2D eigenvalue weighted by molar-refractivity contribution is 6.34. The second-order valence-corrected chi connectivity index (χ2v) is 4.30. The van der Waals surface area contributed by atoms with Crippen LogP contribution in [0.2, 0.25) is 5.02 Å². The van der Waals surface area contributed by atoms with Gasteiger partial charge in [0.05, 0.1) is 5.02 Å². The van der Waals surface area contributed by atoms with Crippen LogP contribution in [0.15, 0.2) is 36.5 Å². The van der Waals surface area contributed by atoms with E-state index in [9.17, 15) is 0 Å². The van der Waals surface area contributed by atoms with Crippen molar-refractivity contribution in [1.82, 2.24) is 15.0 Å². The number of benzene rings is 1. The number of hydrogen-bond acceptors (Lipinski definition) is 2. The number of aromatic amines is 1. The van der Waals surface area contributed by atoms with Gasteiger partial charge < -0.3 is 4.98 Å². The number of nitrogens with one attached hydrogen (secondary N) is 1. The highest BCUT2D eigenvalue weighted by atomic mass is 35.5. The first kappa shape index (κ1) is 10.3. The number of pyridine rings is 1. The largest absolute Gasteiger partial charge is 0.335 e. The molecule has 0 bridgehead atoms. The van der Waals surface area contributed by atoms with Gasteiger partial charge in [-0.3, -0.25) is 0 Å². The van der Waals surface area contributed by atoms with Crippen molar-refractivity contribution in [2.24, 2.45) is 0 Å². The molecule has 0 amide bonds. The van der Waals surface area contributed by atoms with Gasteiger partial charge in [0.25, 0.3) is 0 Å². The fraction of sp³-hybridized carbons (Fsp3) is 0.0769. The maximum Gasteiger partial charge on any atom is 0.179 e. The first-order valence-electron chi connectivity index (χ1n) is 5.32. The molecule has 0 saturated carbocycles. The fourth-order valence-electron chi connectivity index (χ4n) is 1.85. The molecule has 0 aliphatic rings. The SMILES string of the molecule is Cc1ccccc1-c1nc2nccc(Cl)c2[nH]1. The van der Waals surface area contributed by atoms with Gasteiger partial charge in [0.2, 0.25) is 0 Å². The van der Waals surface area contributed by atoms with Crippen LogP contribution < -0.4 is 0 Å². The second-order valence-electron chi connectivity index (χ2n) is 3.89. The fourth-order valence-corrected chi connectivity index (χ4v) is 2.03. The number of halogens is 1. The number of H-pyrrole nitrogens is 1. The smallest absolute Gasteiger partial charge is 0.179 e. The molecule has 84 valence electrons. The quantitative estimate of drug-likeness (QED) is 0.710. The summed E-state index contributed by atoms with van der Waals surface area (Å²) in [4.78, 5) is 11.9. The maximum absolute atomic E-state index is 6.09. The first-order chi connectivity index (χ1) is 8.25. The minimum absolute atomic E-state index is 0.641. The molecule has 0 atom stereocenters. The number of imidazole rings is 1. The molecular weight excluding hydrogens is 234 g/mol. The molecule has 2 heterocycles. The average molecular weight is 244 g/mol. The summed E-state index contributed by atoms with van der Waals surface area (Å²) in [6.45, 7) is 2.05. The first-order valence-corrected chi connectivity index (χ1v) is 5.70. The van der Waals surface area contributed by atoms with E-state index in [1.54, 1.807) is 12.3 Å². The molecule has 1 N–H and O–H groups in total. The van der Waals surface area contributed by atoms with Crippen molar-refractivity contribution in [1.29, 1.82) is 0 Å². The van der Waals surface area contributed by atoms with Gasteiger partial charge in [-0.25, -0.2) is 9.97 Å². The Labute approximate surface area is 103 Å². The van der Waals surface area contributed by atoms with Gasteiger partial charge >= 0.3 is 0 Å². The Morgan fingerprint density at radius 3 is 2.76 bits per heavy atom. The molecule has 0 saturated heterocycles. The summed E-state index contributed by atoms with van der Waals surface area (Å²) in [5.74, 6) is 0.804. The van der Waals surface area contributed by atoms with Crippen LogP contribution in [0.3, 0.4) is 0 Å². The monoisotopic (exact) mass is 243 g/mol. The Bertz CT molecular complexity index is 688. The highest BCUT2D eigenvalue weighted by Crippen LogP contribution is 2.25. The normalized spacial score (nSPS) is 10.9. The zero-order valence-electron chi connectivity index (χ0n) is 9.24. The summed E-state index contributed by atoms with van der Waals surface area (Å²) >= 11 is 6.09. The van der Waals surface area contributed by atoms with Crippen LogP contribution in [0.4, 0.5) is 0 Å². The van der Waals surface area contributed by atoms with Crippen LogP contribution >= 0.6 is 11.6 Å². The molecule has 0 spiro atoms. The number of fused-ring (bicyclic) bond motifs is 1. The van der Waals surface area contributed by atoms with Crippen molar-refractivity contribution in [3.8, 4) is 11.4 Å². The molecule has 1 aromatic carbocycles. The van der Waals surface area contributed by atoms with Gasteiger partial charge in [-0.05, 0) is 18.6 Å². The summed E-state index contributed by atoms with van der Waals surface area (Å²) in [6.07, 6.45) is 1.66. The molecule has 3 nitrogen and oxygen atoms in total. The number of aryl methyl sites for hydroxylation is 1. The zero-order valence-corrected chi connectivity index (χ0v) is 9.99. The Balaban J connectivity index is 2.26. The van der Waals surface area contributed by atoms with E-state index in [1.165, 1.54) is 5.56 Å². The molecule has 17 heavy (non-hydrogen) atoms. The second kappa shape index (κ2) is 3.86. The third kappa shape index (κ3) is 1.68. The van der Waals surface area contributed by atoms with E-state index in [0.29, 0.717) is 10.7 Å². The molecule has 0 aliphatic carbocycles. The van der Waals surface area contributed by atoms with Crippen LogP contribution in [0, 0.1) is 6.92 Å². The lowest BCUT2D eigenvalue weighted by atomic mass is 10.1. The molecular formula is C13H10ClN3. The van der Waals surface area contributed by atoms with Crippen LogP contribution in [-0.2, 0) is 0 Å². The Morgan fingerprint density at radius 2 is 2.00 bits per heavy atom. The molecule has 0 unspecified atom stereocenters. The standard InChI is InChI=1S/C13H10ClN3/c1-8-4-2-3-5-9(8)12-16-11-10(14)6-7-15-13(11)17-12/h2-7H,1H3,(H,15,16,17). The van der Waals surface area contributed by atoms with E-state index in [-0.39, 0.29) is 0 Å². The lowest BCUT2D eigenvalue weighted by Crippen LogP contribution is -1.84. The molecule has 3 rings (SSSR count).